The lowest BCUT2D eigenvalue weighted by Crippen LogP contribution is -2.58. The molecule has 73 heavy (non-hydrogen) atoms. The van der Waals surface area contributed by atoms with Crippen molar-refractivity contribution in [1.82, 2.24) is 35.7 Å². The zero-order chi connectivity index (χ0) is 52.6. The predicted octanol–water partition coefficient (Wildman–Crippen LogP) is 6.94. The molecule has 5 atom stereocenters. The third-order valence-corrected chi connectivity index (χ3v) is 14.1. The second-order valence-corrected chi connectivity index (χ2v) is 21.4. The molecule has 2 aliphatic rings. The van der Waals surface area contributed by atoms with Crippen LogP contribution in [0.3, 0.4) is 0 Å². The molecular weight excluding hydrogens is 964 g/mol. The maximum absolute atomic E-state index is 16.1. The van der Waals surface area contributed by atoms with E-state index < -0.39 is 70.6 Å². The van der Waals surface area contributed by atoms with Crippen LogP contribution >= 0.6 is 11.3 Å². The summed E-state index contributed by atoms with van der Waals surface area (Å²) in [6.45, 7) is 13.1. The monoisotopic (exact) mass is 1030 g/mol. The first-order valence-corrected chi connectivity index (χ1v) is 25.7. The number of ether oxygens (including phenoxy) is 3. The minimum atomic E-state index is -1.64. The molecule has 5 aromatic rings. The van der Waals surface area contributed by atoms with Crippen molar-refractivity contribution in [3.8, 4) is 10.4 Å². The Labute approximate surface area is 428 Å². The van der Waals surface area contributed by atoms with Gasteiger partial charge in [0.1, 0.15) is 36.0 Å². The van der Waals surface area contributed by atoms with Crippen LogP contribution in [0.5, 0.6) is 0 Å². The molecule has 394 valence electrons. The molecule has 2 aromatic heterocycles. The Hall–Kier alpha value is -5.70. The highest BCUT2D eigenvalue weighted by molar-refractivity contribution is 7.13. The Kier molecular flexibility index (Phi) is 18.2. The van der Waals surface area contributed by atoms with Crippen molar-refractivity contribution in [2.24, 2.45) is 5.41 Å². The van der Waals surface area contributed by atoms with Gasteiger partial charge in [-0.1, -0.05) is 63.2 Å². The SMILES string of the molecule is Cc1ncsc1-c1ccc(CNC(=O)[C@@H]2C[C@@H](O)CN2C(=O)[C@@H](NC(=O)COCCOCCOCCCNC(=O)c2cc(F)c([C@@H]3c4[nH]c5ccccc5c4C[C@@H](C)N3CC(C)(C)F)c(F)c2)C(C)(C)C)cc1. The Morgan fingerprint density at radius 3 is 2.26 bits per heavy atom. The van der Waals surface area contributed by atoms with E-state index in [9.17, 15) is 24.3 Å². The van der Waals surface area contributed by atoms with Crippen LogP contribution < -0.4 is 16.0 Å². The fourth-order valence-electron chi connectivity index (χ4n) is 9.54. The van der Waals surface area contributed by atoms with Crippen LogP contribution in [0.25, 0.3) is 21.3 Å². The predicted molar refractivity (Wildman–Crippen MR) is 273 cm³/mol. The molecular formula is C54H68F3N7O8S. The van der Waals surface area contributed by atoms with Crippen LogP contribution in [0, 0.1) is 24.0 Å². The molecule has 0 unspecified atom stereocenters. The van der Waals surface area contributed by atoms with Crippen LogP contribution in [0.1, 0.15) is 98.9 Å². The van der Waals surface area contributed by atoms with Gasteiger partial charge < -0.3 is 45.2 Å². The van der Waals surface area contributed by atoms with E-state index in [2.05, 4.69) is 25.9 Å². The van der Waals surface area contributed by atoms with Gasteiger partial charge in [0.15, 0.2) is 0 Å². The number of hydrogen-bond acceptors (Lipinski definition) is 11. The van der Waals surface area contributed by atoms with Crippen molar-refractivity contribution in [3.05, 3.63) is 111 Å². The van der Waals surface area contributed by atoms with E-state index in [1.165, 1.54) is 18.7 Å². The molecule has 0 saturated carbocycles. The number of para-hydroxylation sites is 1. The fraction of sp³-hybridized carbons (Fsp3) is 0.500. The third kappa shape index (κ3) is 13.9. The third-order valence-electron chi connectivity index (χ3n) is 13.1. The molecule has 2 aliphatic heterocycles. The van der Waals surface area contributed by atoms with E-state index in [1.807, 2.05) is 62.4 Å². The number of halogens is 3. The molecule has 3 aromatic carbocycles. The van der Waals surface area contributed by atoms with Gasteiger partial charge in [0.25, 0.3) is 5.91 Å². The number of rotatable bonds is 22. The largest absolute Gasteiger partial charge is 0.391 e. The average Bonchev–Trinajstić information content (AvgIpc) is 4.06. The van der Waals surface area contributed by atoms with E-state index in [1.54, 1.807) is 42.5 Å². The number of aliphatic hydroxyl groups excluding tert-OH is 1. The normalized spacial score (nSPS) is 18.7. The number of β-amino-alcohol motifs (C(OH)–C–C–N with tert-alkyl or cyclic N) is 1. The Balaban J connectivity index is 0.789. The zero-order valence-electron chi connectivity index (χ0n) is 42.6. The van der Waals surface area contributed by atoms with E-state index in [4.69, 9.17) is 14.2 Å². The summed E-state index contributed by atoms with van der Waals surface area (Å²) in [5, 5.41) is 19.9. The van der Waals surface area contributed by atoms with Gasteiger partial charge in [0.2, 0.25) is 17.7 Å². The van der Waals surface area contributed by atoms with E-state index in [0.717, 1.165) is 50.3 Å². The molecule has 0 aliphatic carbocycles. The number of carbonyl (C=O) groups excluding carboxylic acids is 4. The minimum absolute atomic E-state index is 0.0469. The van der Waals surface area contributed by atoms with Crippen LogP contribution in [0.15, 0.2) is 66.2 Å². The number of carbonyl (C=O) groups is 4. The summed E-state index contributed by atoms with van der Waals surface area (Å²) in [5.41, 5.74) is 4.21. The summed E-state index contributed by atoms with van der Waals surface area (Å²) in [5.74, 6) is -3.86. The Morgan fingerprint density at radius 2 is 1.60 bits per heavy atom. The quantitative estimate of drug-likeness (QED) is 0.0455. The Bertz CT molecular complexity index is 2700. The van der Waals surface area contributed by atoms with Gasteiger partial charge in [-0.2, -0.15) is 0 Å². The maximum Gasteiger partial charge on any atom is 0.251 e. The van der Waals surface area contributed by atoms with Gasteiger partial charge in [-0.15, -0.1) is 11.3 Å². The molecule has 1 saturated heterocycles. The molecule has 15 nitrogen and oxygen atoms in total. The number of H-pyrrole nitrogens is 1. The first-order valence-electron chi connectivity index (χ1n) is 24.8. The smallest absolute Gasteiger partial charge is 0.251 e. The molecule has 4 amide bonds. The molecule has 0 bridgehead atoms. The summed E-state index contributed by atoms with van der Waals surface area (Å²) in [4.78, 5) is 65.3. The number of thiazole rings is 1. The standard InChI is InChI=1S/C54H68F3N7O8S/c1-32-23-39-38-11-8-9-12-42(38)61-46(39)47(64(32)30-54(6,7)57)45-40(55)24-36(25-41(45)56)50(67)58-17-10-18-70-19-20-71-21-22-72-29-44(66)62-49(53(3,4)5)52(69)63-28-37(65)26-43(63)51(68)59-27-34-13-15-35(16-14-34)48-33(2)60-31-73-48/h8-9,11-16,24-25,31-32,37,43,47,49,61,65H,10,17-23,26-30H2,1-7H3,(H,58,67)(H,59,68)(H,62,66)/t32-,37-,43+,47-,49-/m1/s1. The Morgan fingerprint density at radius 1 is 0.932 bits per heavy atom. The van der Waals surface area contributed by atoms with Crippen molar-refractivity contribution in [2.75, 3.05) is 59.3 Å². The van der Waals surface area contributed by atoms with Gasteiger partial charge in [-0.3, -0.25) is 24.1 Å². The first-order chi connectivity index (χ1) is 34.7. The highest BCUT2D eigenvalue weighted by atomic mass is 32.1. The van der Waals surface area contributed by atoms with Crippen LogP contribution in [-0.2, 0) is 41.6 Å². The summed E-state index contributed by atoms with van der Waals surface area (Å²) in [7, 11) is 0. The van der Waals surface area contributed by atoms with Crippen molar-refractivity contribution in [1.29, 1.82) is 0 Å². The lowest BCUT2D eigenvalue weighted by molar-refractivity contribution is -0.144. The van der Waals surface area contributed by atoms with Crippen molar-refractivity contribution in [2.45, 2.75) is 110 Å². The van der Waals surface area contributed by atoms with Gasteiger partial charge in [0, 0.05) is 73.0 Å². The summed E-state index contributed by atoms with van der Waals surface area (Å²) >= 11 is 1.56. The number of aromatic nitrogens is 2. The molecule has 7 rings (SSSR count). The summed E-state index contributed by atoms with van der Waals surface area (Å²) in [6.07, 6.45) is 0.155. The average molecular weight is 1030 g/mol. The second kappa shape index (κ2) is 24.1. The number of hydrogen-bond donors (Lipinski definition) is 5. The van der Waals surface area contributed by atoms with E-state index in [0.29, 0.717) is 18.5 Å². The van der Waals surface area contributed by atoms with Crippen LogP contribution in [0.2, 0.25) is 0 Å². The second-order valence-electron chi connectivity index (χ2n) is 20.6. The van der Waals surface area contributed by atoms with Crippen molar-refractivity contribution in [3.63, 3.8) is 0 Å². The number of nitrogens with one attached hydrogen (secondary N) is 4. The highest BCUT2D eigenvalue weighted by Gasteiger charge is 2.45. The van der Waals surface area contributed by atoms with Crippen LogP contribution in [-0.4, -0.2) is 138 Å². The van der Waals surface area contributed by atoms with Gasteiger partial charge in [0.05, 0.1) is 54.7 Å². The fourth-order valence-corrected chi connectivity index (χ4v) is 10.4. The number of aryl methyl sites for hydroxylation is 1. The van der Waals surface area contributed by atoms with Crippen LogP contribution in [0.4, 0.5) is 13.2 Å². The number of alkyl halides is 1. The number of nitrogens with zero attached hydrogens (tertiary/aromatic N) is 3. The number of aliphatic hydroxyl groups is 1. The summed E-state index contributed by atoms with van der Waals surface area (Å²) < 4.78 is 64.0. The number of aromatic amines is 1. The molecule has 5 N–H and O–H groups in total. The van der Waals surface area contributed by atoms with Gasteiger partial charge >= 0.3 is 0 Å². The molecule has 19 heteroatoms. The zero-order valence-corrected chi connectivity index (χ0v) is 43.4. The topological polar surface area (TPSA) is 187 Å². The first kappa shape index (κ1) is 55.1. The van der Waals surface area contributed by atoms with Crippen molar-refractivity contribution >= 4 is 45.9 Å². The van der Waals surface area contributed by atoms with Crippen molar-refractivity contribution < 1.29 is 51.7 Å². The van der Waals surface area contributed by atoms with E-state index in [-0.39, 0.29) is 89.4 Å². The molecule has 1 fully saturated rings. The number of amides is 4. The maximum atomic E-state index is 16.1. The molecule has 0 spiro atoms. The summed E-state index contributed by atoms with van der Waals surface area (Å²) in [6, 6.07) is 14.4. The minimum Gasteiger partial charge on any atom is -0.391 e. The number of likely N-dealkylation sites (tertiary alicyclic amines) is 1. The number of fused-ring (bicyclic) bond motifs is 3. The van der Waals surface area contributed by atoms with Gasteiger partial charge in [-0.05, 0) is 80.8 Å². The lowest BCUT2D eigenvalue weighted by Gasteiger charge is -2.43. The van der Waals surface area contributed by atoms with E-state index >= 15 is 13.2 Å². The number of benzene rings is 3. The van der Waals surface area contributed by atoms with Gasteiger partial charge in [-0.25, -0.2) is 18.2 Å². The molecule has 0 radical (unpaired) electrons. The molecule has 4 heterocycles. The highest BCUT2D eigenvalue weighted by Crippen LogP contribution is 2.43. The lowest BCUT2D eigenvalue weighted by atomic mass is 9.85.